The van der Waals surface area contributed by atoms with Crippen LogP contribution in [0.3, 0.4) is 0 Å². The number of carbonyl (C=O) groups excluding carboxylic acids is 2. The molecule has 0 aromatic heterocycles. The minimum atomic E-state index is -0.676. The predicted octanol–water partition coefficient (Wildman–Crippen LogP) is 21.0. The third kappa shape index (κ3) is 59.4. The molecule has 0 spiro atoms. The van der Waals surface area contributed by atoms with Crippen molar-refractivity contribution < 1.29 is 24.5 Å². The van der Waals surface area contributed by atoms with Gasteiger partial charge in [-0.15, -0.1) is 0 Å². The monoisotopic (exact) mass is 1030 g/mol. The highest BCUT2D eigenvalue weighted by Crippen LogP contribution is 2.18. The van der Waals surface area contributed by atoms with Gasteiger partial charge in [0.2, 0.25) is 5.91 Å². The molecule has 0 saturated heterocycles. The minimum absolute atomic E-state index is 0.0163. The smallest absolute Gasteiger partial charge is 0.305 e. The maximum Gasteiger partial charge on any atom is 0.305 e. The minimum Gasteiger partial charge on any atom is -0.466 e. The van der Waals surface area contributed by atoms with Gasteiger partial charge in [-0.05, 0) is 77.0 Å². The van der Waals surface area contributed by atoms with Crippen molar-refractivity contribution in [1.29, 1.82) is 0 Å². The second-order valence-corrected chi connectivity index (χ2v) is 22.8. The Morgan fingerprint density at radius 2 is 0.644 bits per heavy atom. The molecule has 6 nitrogen and oxygen atoms in total. The highest BCUT2D eigenvalue weighted by molar-refractivity contribution is 5.76. The number of unbranched alkanes of at least 4 members (excludes halogenated alkanes) is 47. The molecule has 0 bridgehead atoms. The number of carbonyl (C=O) groups is 2. The maximum absolute atomic E-state index is 12.5. The van der Waals surface area contributed by atoms with Gasteiger partial charge in [0.05, 0.1) is 25.4 Å². The van der Waals surface area contributed by atoms with E-state index in [1.807, 2.05) is 0 Å². The lowest BCUT2D eigenvalue weighted by Gasteiger charge is -2.22. The molecule has 0 radical (unpaired) electrons. The number of aliphatic hydroxyl groups excluding tert-OH is 2. The summed E-state index contributed by atoms with van der Waals surface area (Å²) in [7, 11) is 0. The van der Waals surface area contributed by atoms with Gasteiger partial charge in [0, 0.05) is 12.8 Å². The number of hydrogen-bond donors (Lipinski definition) is 3. The van der Waals surface area contributed by atoms with Crippen molar-refractivity contribution in [2.45, 2.75) is 379 Å². The average molecular weight is 1030 g/mol. The third-order valence-corrected chi connectivity index (χ3v) is 15.5. The highest BCUT2D eigenvalue weighted by Gasteiger charge is 2.20. The van der Waals surface area contributed by atoms with Crippen LogP contribution in [-0.4, -0.2) is 47.4 Å². The Kier molecular flexibility index (Phi) is 61.4. The quantitative estimate of drug-likeness (QED) is 0.0320. The summed E-state index contributed by atoms with van der Waals surface area (Å²) in [6, 6.07) is -0.555. The number of amides is 1. The van der Waals surface area contributed by atoms with Crippen LogP contribution < -0.4 is 5.32 Å². The zero-order valence-corrected chi connectivity index (χ0v) is 49.4. The van der Waals surface area contributed by atoms with E-state index in [-0.39, 0.29) is 18.5 Å². The van der Waals surface area contributed by atoms with E-state index in [4.69, 9.17) is 4.74 Å². The molecule has 0 aliphatic rings. The Hall–Kier alpha value is -1.66. The van der Waals surface area contributed by atoms with Gasteiger partial charge in [-0.3, -0.25) is 9.59 Å². The fourth-order valence-corrected chi connectivity index (χ4v) is 10.4. The van der Waals surface area contributed by atoms with Crippen molar-refractivity contribution in [3.8, 4) is 0 Å². The normalized spacial score (nSPS) is 12.7. The highest BCUT2D eigenvalue weighted by atomic mass is 16.5. The number of aliphatic hydroxyl groups is 2. The summed E-state index contributed by atoms with van der Waals surface area (Å²) >= 11 is 0. The molecule has 2 unspecified atom stereocenters. The van der Waals surface area contributed by atoms with E-state index < -0.39 is 12.1 Å². The molecule has 3 N–H and O–H groups in total. The van der Waals surface area contributed by atoms with Crippen LogP contribution in [0.25, 0.3) is 0 Å². The van der Waals surface area contributed by atoms with Gasteiger partial charge in [-0.2, -0.15) is 0 Å². The molecule has 0 aromatic rings. The summed E-state index contributed by atoms with van der Waals surface area (Å²) in [6.45, 7) is 4.94. The van der Waals surface area contributed by atoms with Gasteiger partial charge in [0.25, 0.3) is 0 Å². The molecule has 6 heteroatoms. The van der Waals surface area contributed by atoms with E-state index in [9.17, 15) is 19.8 Å². The second kappa shape index (κ2) is 62.9. The number of hydrogen-bond acceptors (Lipinski definition) is 5. The van der Waals surface area contributed by atoms with Crippen LogP contribution in [0.4, 0.5) is 0 Å². The summed E-state index contributed by atoms with van der Waals surface area (Å²) in [6.07, 6.45) is 77.7. The number of nitrogens with one attached hydrogen (secondary N) is 1. The van der Waals surface area contributed by atoms with Gasteiger partial charge >= 0.3 is 5.97 Å². The molecule has 0 aromatic carbocycles. The van der Waals surface area contributed by atoms with Gasteiger partial charge in [0.1, 0.15) is 0 Å². The molecule has 0 aliphatic heterocycles. The van der Waals surface area contributed by atoms with Gasteiger partial charge in [-0.25, -0.2) is 0 Å². The van der Waals surface area contributed by atoms with E-state index in [1.165, 1.54) is 263 Å². The molecule has 2 atom stereocenters. The topological polar surface area (TPSA) is 95.9 Å². The molecular weight excluding hydrogens is 899 g/mol. The lowest BCUT2D eigenvalue weighted by atomic mass is 10.0. The van der Waals surface area contributed by atoms with Crippen molar-refractivity contribution >= 4 is 11.9 Å². The first-order valence-corrected chi connectivity index (χ1v) is 33.1. The Balaban J connectivity index is 3.45. The SMILES string of the molecule is CCCCCCCCC/C=C\CCCCCCCC(=O)OCCCCCC/C=C\CCCCCCCCCC(=O)NC(CO)C(O)CCCCCCCCCCCCCCCCCCCCCCCCCCC. The molecule has 0 aliphatic carbocycles. The summed E-state index contributed by atoms with van der Waals surface area (Å²) in [5, 5.41) is 23.4. The summed E-state index contributed by atoms with van der Waals surface area (Å²) < 4.78 is 5.47. The van der Waals surface area contributed by atoms with E-state index in [2.05, 4.69) is 43.5 Å². The third-order valence-electron chi connectivity index (χ3n) is 15.5. The Bertz CT molecular complexity index is 1140. The number of rotatable bonds is 62. The largest absolute Gasteiger partial charge is 0.466 e. The van der Waals surface area contributed by atoms with Crippen LogP contribution in [0.5, 0.6) is 0 Å². The molecule has 0 rings (SSSR count). The second-order valence-electron chi connectivity index (χ2n) is 22.8. The lowest BCUT2D eigenvalue weighted by Crippen LogP contribution is -2.45. The standard InChI is InChI=1S/C67H129NO5/c1-3-5-7-9-11-13-15-17-19-21-22-23-24-25-26-27-28-29-31-35-39-43-47-51-55-59-65(70)64(63-69)68-66(71)60-56-52-48-44-40-36-32-30-34-38-42-46-50-54-58-62-73-67(72)61-57-53-49-45-41-37-33-20-18-16-14-12-10-8-6-4-2/h20,33-34,38,64-65,69-70H,3-19,21-32,35-37,39-63H2,1-2H3,(H,68,71)/b33-20-,38-34-. The fourth-order valence-electron chi connectivity index (χ4n) is 10.4. The summed E-state index contributed by atoms with van der Waals surface area (Å²) in [5.74, 6) is -0.0627. The van der Waals surface area contributed by atoms with Crippen LogP contribution in [0.1, 0.15) is 367 Å². The average Bonchev–Trinajstić information content (AvgIpc) is 3.39. The van der Waals surface area contributed by atoms with Gasteiger partial charge < -0.3 is 20.3 Å². The van der Waals surface area contributed by atoms with Crippen molar-refractivity contribution in [2.75, 3.05) is 13.2 Å². The van der Waals surface area contributed by atoms with Gasteiger partial charge in [-0.1, -0.05) is 301 Å². The summed E-state index contributed by atoms with van der Waals surface area (Å²) in [4.78, 5) is 24.6. The molecular formula is C67H129NO5. The van der Waals surface area contributed by atoms with E-state index >= 15 is 0 Å². The van der Waals surface area contributed by atoms with E-state index in [0.717, 1.165) is 70.6 Å². The van der Waals surface area contributed by atoms with Crippen LogP contribution in [-0.2, 0) is 14.3 Å². The maximum atomic E-state index is 12.5. The zero-order chi connectivity index (χ0) is 52.9. The number of esters is 1. The Morgan fingerprint density at radius 3 is 0.973 bits per heavy atom. The molecule has 0 heterocycles. The van der Waals surface area contributed by atoms with Crippen LogP contribution >= 0.6 is 0 Å². The first-order chi connectivity index (χ1) is 36.0. The zero-order valence-electron chi connectivity index (χ0n) is 49.4. The van der Waals surface area contributed by atoms with E-state index in [0.29, 0.717) is 25.9 Å². The van der Waals surface area contributed by atoms with Gasteiger partial charge in [0.15, 0.2) is 0 Å². The first-order valence-electron chi connectivity index (χ1n) is 33.1. The molecule has 73 heavy (non-hydrogen) atoms. The predicted molar refractivity (Wildman–Crippen MR) is 320 cm³/mol. The molecule has 0 saturated carbocycles. The molecule has 432 valence electrons. The number of allylic oxidation sites excluding steroid dienone is 4. The van der Waals surface area contributed by atoms with Crippen LogP contribution in [0, 0.1) is 0 Å². The Morgan fingerprint density at radius 1 is 0.370 bits per heavy atom. The molecule has 0 fully saturated rings. The van der Waals surface area contributed by atoms with Crippen molar-refractivity contribution in [1.82, 2.24) is 5.32 Å². The van der Waals surface area contributed by atoms with Crippen molar-refractivity contribution in [3.63, 3.8) is 0 Å². The fraction of sp³-hybridized carbons (Fsp3) is 0.910. The van der Waals surface area contributed by atoms with Crippen LogP contribution in [0.2, 0.25) is 0 Å². The van der Waals surface area contributed by atoms with Crippen LogP contribution in [0.15, 0.2) is 24.3 Å². The number of ether oxygens (including phenoxy) is 1. The molecule has 1 amide bonds. The first kappa shape index (κ1) is 71.3. The Labute approximate surface area is 456 Å². The summed E-state index contributed by atoms with van der Waals surface area (Å²) in [5.41, 5.74) is 0. The van der Waals surface area contributed by atoms with Crippen molar-refractivity contribution in [2.24, 2.45) is 0 Å². The lowest BCUT2D eigenvalue weighted by molar-refractivity contribution is -0.143. The van der Waals surface area contributed by atoms with E-state index in [1.54, 1.807) is 0 Å². The van der Waals surface area contributed by atoms with Crippen molar-refractivity contribution in [3.05, 3.63) is 24.3 Å².